The average Bonchev–Trinajstić information content (AvgIpc) is 2.15. The Bertz CT molecular complexity index is 250. The number of halogens is 1. The van der Waals surface area contributed by atoms with E-state index in [2.05, 4.69) is 20.9 Å². The van der Waals surface area contributed by atoms with Crippen molar-refractivity contribution < 1.29 is 9.84 Å². The minimum atomic E-state index is -0.631. The van der Waals surface area contributed by atoms with Crippen LogP contribution < -0.4 is 0 Å². The summed E-state index contributed by atoms with van der Waals surface area (Å²) in [4.78, 5) is 4.05. The Hall–Kier alpha value is -0.450. The summed E-state index contributed by atoms with van der Waals surface area (Å²) in [5.41, 5.74) is 0.636. The second-order valence-electron chi connectivity index (χ2n) is 2.58. The molecule has 0 saturated heterocycles. The van der Waals surface area contributed by atoms with E-state index in [0.717, 1.165) is 4.47 Å². The monoisotopic (exact) mass is 245 g/mol. The summed E-state index contributed by atoms with van der Waals surface area (Å²) in [6.07, 6.45) is 1.03. The number of rotatable bonds is 4. The first-order valence-electron chi connectivity index (χ1n) is 4.11. The van der Waals surface area contributed by atoms with Gasteiger partial charge in [-0.2, -0.15) is 0 Å². The number of nitrogens with zero attached hydrogens (tertiary/aromatic N) is 1. The molecule has 0 fully saturated rings. The van der Waals surface area contributed by atoms with Gasteiger partial charge < -0.3 is 9.84 Å². The van der Waals surface area contributed by atoms with Crippen LogP contribution in [0, 0.1) is 0 Å². The van der Waals surface area contributed by atoms with Crippen LogP contribution in [-0.4, -0.2) is 23.3 Å². The summed E-state index contributed by atoms with van der Waals surface area (Å²) >= 11 is 3.27. The van der Waals surface area contributed by atoms with Crippen molar-refractivity contribution in [2.24, 2.45) is 0 Å². The standard InChI is InChI=1S/C9H12BrNO2/c1-2-13-6-9(12)8-4-3-7(10)5-11-8/h3-5,9,12H,2,6H2,1H3. The van der Waals surface area contributed by atoms with Gasteiger partial charge in [0.1, 0.15) is 6.10 Å². The Morgan fingerprint density at radius 2 is 2.38 bits per heavy atom. The summed E-state index contributed by atoms with van der Waals surface area (Å²) in [6.45, 7) is 2.79. The van der Waals surface area contributed by atoms with Crippen LogP contribution in [0.5, 0.6) is 0 Å². The van der Waals surface area contributed by atoms with Crippen LogP contribution in [-0.2, 0) is 4.74 Å². The van der Waals surface area contributed by atoms with Crippen LogP contribution >= 0.6 is 15.9 Å². The van der Waals surface area contributed by atoms with Crippen molar-refractivity contribution in [2.45, 2.75) is 13.0 Å². The van der Waals surface area contributed by atoms with E-state index in [1.807, 2.05) is 13.0 Å². The zero-order valence-corrected chi connectivity index (χ0v) is 8.99. The van der Waals surface area contributed by atoms with Gasteiger partial charge in [0.15, 0.2) is 0 Å². The number of aliphatic hydroxyl groups is 1. The second kappa shape index (κ2) is 5.32. The quantitative estimate of drug-likeness (QED) is 0.882. The molecule has 1 aromatic rings. The largest absolute Gasteiger partial charge is 0.384 e. The van der Waals surface area contributed by atoms with Crippen LogP contribution in [0.15, 0.2) is 22.8 Å². The Balaban J connectivity index is 2.55. The van der Waals surface area contributed by atoms with Crippen molar-refractivity contribution >= 4 is 15.9 Å². The van der Waals surface area contributed by atoms with E-state index in [9.17, 15) is 5.11 Å². The Morgan fingerprint density at radius 3 is 2.92 bits per heavy atom. The molecule has 1 atom stereocenters. The number of ether oxygens (including phenoxy) is 1. The number of hydrogen-bond donors (Lipinski definition) is 1. The summed E-state index contributed by atoms with van der Waals surface area (Å²) < 4.78 is 5.98. The number of hydrogen-bond acceptors (Lipinski definition) is 3. The van der Waals surface area contributed by atoms with Crippen LogP contribution in [0.1, 0.15) is 18.7 Å². The molecule has 0 saturated carbocycles. The van der Waals surface area contributed by atoms with E-state index in [0.29, 0.717) is 18.9 Å². The smallest absolute Gasteiger partial charge is 0.119 e. The average molecular weight is 246 g/mol. The fourth-order valence-corrected chi connectivity index (χ4v) is 1.13. The minimum Gasteiger partial charge on any atom is -0.384 e. The molecule has 3 nitrogen and oxygen atoms in total. The van der Waals surface area contributed by atoms with Gasteiger partial charge in [-0.3, -0.25) is 4.98 Å². The summed E-state index contributed by atoms with van der Waals surface area (Å²) in [5, 5.41) is 9.54. The molecule has 0 bridgehead atoms. The molecule has 72 valence electrons. The molecule has 1 aromatic heterocycles. The van der Waals surface area contributed by atoms with Crippen molar-refractivity contribution in [3.05, 3.63) is 28.5 Å². The molecule has 1 N–H and O–H groups in total. The van der Waals surface area contributed by atoms with Gasteiger partial charge in [-0.05, 0) is 35.0 Å². The molecule has 1 rings (SSSR count). The highest BCUT2D eigenvalue weighted by Gasteiger charge is 2.07. The predicted octanol–water partition coefficient (Wildman–Crippen LogP) is 1.91. The molecule has 0 aliphatic rings. The van der Waals surface area contributed by atoms with Crippen molar-refractivity contribution in [2.75, 3.05) is 13.2 Å². The van der Waals surface area contributed by atoms with Crippen LogP contribution in [0.4, 0.5) is 0 Å². The summed E-state index contributed by atoms with van der Waals surface area (Å²) in [6, 6.07) is 3.62. The normalized spacial score (nSPS) is 12.8. The number of pyridine rings is 1. The van der Waals surface area contributed by atoms with Crippen molar-refractivity contribution in [3.63, 3.8) is 0 Å². The first-order chi connectivity index (χ1) is 6.24. The third kappa shape index (κ3) is 3.42. The Morgan fingerprint density at radius 1 is 1.62 bits per heavy atom. The van der Waals surface area contributed by atoms with E-state index in [-0.39, 0.29) is 0 Å². The molecule has 0 amide bonds. The van der Waals surface area contributed by atoms with Gasteiger partial charge in [0.25, 0.3) is 0 Å². The lowest BCUT2D eigenvalue weighted by atomic mass is 10.2. The van der Waals surface area contributed by atoms with Crippen LogP contribution in [0.3, 0.4) is 0 Å². The lowest BCUT2D eigenvalue weighted by Crippen LogP contribution is -2.08. The lowest BCUT2D eigenvalue weighted by Gasteiger charge is -2.09. The molecular formula is C9H12BrNO2. The maximum absolute atomic E-state index is 9.54. The number of aromatic nitrogens is 1. The van der Waals surface area contributed by atoms with Crippen molar-refractivity contribution in [1.82, 2.24) is 4.98 Å². The molecule has 0 aliphatic carbocycles. The van der Waals surface area contributed by atoms with Gasteiger partial charge in [0, 0.05) is 17.3 Å². The van der Waals surface area contributed by atoms with Gasteiger partial charge in [-0.25, -0.2) is 0 Å². The highest BCUT2D eigenvalue weighted by atomic mass is 79.9. The van der Waals surface area contributed by atoms with Gasteiger partial charge >= 0.3 is 0 Å². The SMILES string of the molecule is CCOCC(O)c1ccc(Br)cn1. The molecular weight excluding hydrogens is 234 g/mol. The third-order valence-corrected chi connectivity index (χ3v) is 2.04. The summed E-state index contributed by atoms with van der Waals surface area (Å²) in [5.74, 6) is 0. The molecule has 0 aromatic carbocycles. The zero-order valence-electron chi connectivity index (χ0n) is 7.40. The van der Waals surface area contributed by atoms with Crippen molar-refractivity contribution in [3.8, 4) is 0 Å². The first kappa shape index (κ1) is 10.6. The van der Waals surface area contributed by atoms with Gasteiger partial charge in [-0.15, -0.1) is 0 Å². The Labute approximate surface area is 85.9 Å². The summed E-state index contributed by atoms with van der Waals surface area (Å²) in [7, 11) is 0. The highest BCUT2D eigenvalue weighted by molar-refractivity contribution is 9.10. The maximum atomic E-state index is 9.54. The lowest BCUT2D eigenvalue weighted by molar-refractivity contribution is 0.0398. The molecule has 13 heavy (non-hydrogen) atoms. The van der Waals surface area contributed by atoms with E-state index in [1.165, 1.54) is 0 Å². The molecule has 0 aliphatic heterocycles. The third-order valence-electron chi connectivity index (χ3n) is 1.57. The predicted molar refractivity (Wildman–Crippen MR) is 53.4 cm³/mol. The molecule has 1 heterocycles. The maximum Gasteiger partial charge on any atom is 0.119 e. The zero-order chi connectivity index (χ0) is 9.68. The van der Waals surface area contributed by atoms with E-state index >= 15 is 0 Å². The number of aliphatic hydroxyl groups excluding tert-OH is 1. The van der Waals surface area contributed by atoms with Gasteiger partial charge in [0.05, 0.1) is 12.3 Å². The van der Waals surface area contributed by atoms with Gasteiger partial charge in [0.2, 0.25) is 0 Å². The second-order valence-corrected chi connectivity index (χ2v) is 3.49. The van der Waals surface area contributed by atoms with E-state index < -0.39 is 6.10 Å². The fourth-order valence-electron chi connectivity index (χ4n) is 0.899. The topological polar surface area (TPSA) is 42.4 Å². The molecule has 4 heteroatoms. The fraction of sp³-hybridized carbons (Fsp3) is 0.444. The van der Waals surface area contributed by atoms with E-state index in [4.69, 9.17) is 4.74 Å². The van der Waals surface area contributed by atoms with Crippen molar-refractivity contribution in [1.29, 1.82) is 0 Å². The highest BCUT2D eigenvalue weighted by Crippen LogP contribution is 2.13. The molecule has 1 unspecified atom stereocenters. The first-order valence-corrected chi connectivity index (χ1v) is 4.90. The van der Waals surface area contributed by atoms with Crippen LogP contribution in [0.2, 0.25) is 0 Å². The Kier molecular flexibility index (Phi) is 4.35. The molecule has 0 spiro atoms. The minimum absolute atomic E-state index is 0.297. The van der Waals surface area contributed by atoms with Gasteiger partial charge in [-0.1, -0.05) is 0 Å². The molecule has 0 radical (unpaired) electrons. The van der Waals surface area contributed by atoms with E-state index in [1.54, 1.807) is 12.3 Å². The van der Waals surface area contributed by atoms with Crippen LogP contribution in [0.25, 0.3) is 0 Å².